The van der Waals surface area contributed by atoms with Gasteiger partial charge in [0.15, 0.2) is 6.61 Å². The lowest BCUT2D eigenvalue weighted by Crippen LogP contribution is -2.15. The molecule has 0 unspecified atom stereocenters. The average Bonchev–Trinajstić information content (AvgIpc) is 2.74. The molecule has 0 aliphatic heterocycles. The summed E-state index contributed by atoms with van der Waals surface area (Å²) in [4.78, 5) is 34.4. The summed E-state index contributed by atoms with van der Waals surface area (Å²) in [7, 11) is 0. The monoisotopic (exact) mass is 411 g/mol. The molecule has 0 amide bonds. The lowest BCUT2D eigenvalue weighted by Gasteiger charge is -2.13. The van der Waals surface area contributed by atoms with E-state index in [-0.39, 0.29) is 41.7 Å². The molecule has 30 heavy (non-hydrogen) atoms. The number of rotatable bonds is 7. The van der Waals surface area contributed by atoms with E-state index < -0.39 is 16.9 Å². The van der Waals surface area contributed by atoms with Crippen LogP contribution in [0.2, 0.25) is 0 Å². The van der Waals surface area contributed by atoms with Crippen LogP contribution in [-0.4, -0.2) is 35.2 Å². The zero-order valence-corrected chi connectivity index (χ0v) is 15.9. The molecule has 3 aromatic carbocycles. The van der Waals surface area contributed by atoms with Gasteiger partial charge in [0.1, 0.15) is 22.8 Å². The number of hydrogen-bond donors (Lipinski definition) is 1. The number of non-ortho nitro benzene ring substituents is 1. The Morgan fingerprint density at radius 2 is 1.73 bits per heavy atom. The van der Waals surface area contributed by atoms with Crippen LogP contribution in [0.15, 0.2) is 54.6 Å². The first-order valence-corrected chi connectivity index (χ1v) is 8.90. The van der Waals surface area contributed by atoms with Crippen molar-refractivity contribution in [2.75, 3.05) is 13.2 Å². The third-order valence-electron chi connectivity index (χ3n) is 4.11. The minimum atomic E-state index is -0.895. The standard InChI is InChI=1S/C21H17NO8/c1-2-28-19(23)12-29-18-11-17(20(24)16-6-4-3-5-15(16)18)21(25)30-14-9-7-13(8-10-14)22(26)27/h3-11,24H,2,12H2,1H3. The predicted molar refractivity (Wildman–Crippen MR) is 106 cm³/mol. The highest BCUT2D eigenvalue weighted by molar-refractivity contribution is 6.04. The number of nitrogens with zero attached hydrogens (tertiary/aromatic N) is 1. The molecule has 0 saturated carbocycles. The fourth-order valence-corrected chi connectivity index (χ4v) is 2.74. The first kappa shape index (κ1) is 20.6. The second kappa shape index (κ2) is 8.91. The van der Waals surface area contributed by atoms with Gasteiger partial charge < -0.3 is 19.3 Å². The number of phenolic OH excluding ortho intramolecular Hbond substituents is 1. The van der Waals surface area contributed by atoms with Crippen LogP contribution < -0.4 is 9.47 Å². The van der Waals surface area contributed by atoms with Crippen LogP contribution in [0, 0.1) is 10.1 Å². The number of hydrogen-bond acceptors (Lipinski definition) is 8. The van der Waals surface area contributed by atoms with E-state index in [0.29, 0.717) is 10.8 Å². The molecule has 0 spiro atoms. The summed E-state index contributed by atoms with van der Waals surface area (Å²) >= 11 is 0. The number of phenols is 1. The molecular weight excluding hydrogens is 394 g/mol. The molecule has 0 atom stereocenters. The van der Waals surface area contributed by atoms with E-state index >= 15 is 0 Å². The molecule has 9 nitrogen and oxygen atoms in total. The molecule has 0 aromatic heterocycles. The number of nitro groups is 1. The lowest BCUT2D eigenvalue weighted by atomic mass is 10.0. The smallest absolute Gasteiger partial charge is 0.347 e. The average molecular weight is 411 g/mol. The van der Waals surface area contributed by atoms with Crippen LogP contribution in [0.1, 0.15) is 17.3 Å². The van der Waals surface area contributed by atoms with Crippen molar-refractivity contribution in [3.63, 3.8) is 0 Å². The summed E-state index contributed by atoms with van der Waals surface area (Å²) in [5, 5.41) is 22.1. The van der Waals surface area contributed by atoms with Crippen molar-refractivity contribution in [2.45, 2.75) is 6.92 Å². The van der Waals surface area contributed by atoms with Gasteiger partial charge in [-0.15, -0.1) is 0 Å². The summed E-state index contributed by atoms with van der Waals surface area (Å²) < 4.78 is 15.5. The van der Waals surface area contributed by atoms with Crippen LogP contribution in [0.4, 0.5) is 5.69 Å². The maximum absolute atomic E-state index is 12.6. The molecule has 0 aliphatic carbocycles. The Kier molecular flexibility index (Phi) is 6.11. The largest absolute Gasteiger partial charge is 0.506 e. The van der Waals surface area contributed by atoms with Gasteiger partial charge in [-0.25, -0.2) is 9.59 Å². The van der Waals surface area contributed by atoms with Gasteiger partial charge in [0.25, 0.3) is 5.69 Å². The quantitative estimate of drug-likeness (QED) is 0.270. The van der Waals surface area contributed by atoms with E-state index in [1.165, 1.54) is 30.3 Å². The van der Waals surface area contributed by atoms with E-state index in [4.69, 9.17) is 14.2 Å². The first-order chi connectivity index (χ1) is 14.4. The number of aromatic hydroxyl groups is 1. The number of ether oxygens (including phenoxy) is 3. The Morgan fingerprint density at radius 3 is 2.37 bits per heavy atom. The molecule has 0 saturated heterocycles. The molecule has 0 bridgehead atoms. The van der Waals surface area contributed by atoms with E-state index in [1.54, 1.807) is 31.2 Å². The second-order valence-corrected chi connectivity index (χ2v) is 6.05. The Bertz CT molecular complexity index is 1110. The summed E-state index contributed by atoms with van der Waals surface area (Å²) in [5.74, 6) is -1.54. The molecule has 154 valence electrons. The van der Waals surface area contributed by atoms with Crippen LogP contribution >= 0.6 is 0 Å². The summed E-state index contributed by atoms with van der Waals surface area (Å²) in [6, 6.07) is 12.8. The van der Waals surface area contributed by atoms with Crippen LogP contribution in [0.5, 0.6) is 17.2 Å². The van der Waals surface area contributed by atoms with E-state index in [0.717, 1.165) is 0 Å². The molecule has 1 N–H and O–H groups in total. The Morgan fingerprint density at radius 1 is 1.07 bits per heavy atom. The van der Waals surface area contributed by atoms with Gasteiger partial charge in [-0.3, -0.25) is 10.1 Å². The number of esters is 2. The first-order valence-electron chi connectivity index (χ1n) is 8.90. The minimum absolute atomic E-state index is 0.0622. The molecule has 9 heteroatoms. The molecule has 3 rings (SSSR count). The van der Waals surface area contributed by atoms with Gasteiger partial charge in [0.2, 0.25) is 0 Å². The summed E-state index contributed by atoms with van der Waals surface area (Å²) in [6.45, 7) is 1.49. The van der Waals surface area contributed by atoms with Gasteiger partial charge in [0.05, 0.1) is 11.5 Å². The highest BCUT2D eigenvalue weighted by Gasteiger charge is 2.20. The van der Waals surface area contributed by atoms with Gasteiger partial charge in [-0.1, -0.05) is 24.3 Å². The van der Waals surface area contributed by atoms with Crippen LogP contribution in [-0.2, 0) is 9.53 Å². The number of nitro benzene ring substituents is 1. The Balaban J connectivity index is 1.92. The van der Waals surface area contributed by atoms with Crippen molar-refractivity contribution in [3.8, 4) is 17.2 Å². The van der Waals surface area contributed by atoms with Crippen molar-refractivity contribution in [1.82, 2.24) is 0 Å². The zero-order chi connectivity index (χ0) is 21.7. The Hall–Kier alpha value is -4.14. The maximum atomic E-state index is 12.6. The van der Waals surface area contributed by atoms with Gasteiger partial charge in [-0.2, -0.15) is 0 Å². The fourth-order valence-electron chi connectivity index (χ4n) is 2.74. The highest BCUT2D eigenvalue weighted by Crippen LogP contribution is 2.36. The molecule has 3 aromatic rings. The van der Waals surface area contributed by atoms with Crippen molar-refractivity contribution >= 4 is 28.4 Å². The molecule has 0 aliphatic rings. The Labute approximate surface area is 170 Å². The molecular formula is C21H17NO8. The normalized spacial score (nSPS) is 10.4. The lowest BCUT2D eigenvalue weighted by molar-refractivity contribution is -0.384. The minimum Gasteiger partial charge on any atom is -0.506 e. The second-order valence-electron chi connectivity index (χ2n) is 6.05. The van der Waals surface area contributed by atoms with Crippen molar-refractivity contribution in [2.24, 2.45) is 0 Å². The number of benzene rings is 3. The maximum Gasteiger partial charge on any atom is 0.347 e. The van der Waals surface area contributed by atoms with Gasteiger partial charge >= 0.3 is 11.9 Å². The molecule has 0 radical (unpaired) electrons. The third-order valence-corrected chi connectivity index (χ3v) is 4.11. The SMILES string of the molecule is CCOC(=O)COc1cc(C(=O)Oc2ccc([N+](=O)[O-])cc2)c(O)c2ccccc12. The fraction of sp³-hybridized carbons (Fsp3) is 0.143. The van der Waals surface area contributed by atoms with Crippen molar-refractivity contribution in [1.29, 1.82) is 0 Å². The number of carbonyl (C=O) groups is 2. The van der Waals surface area contributed by atoms with Crippen LogP contribution in [0.25, 0.3) is 10.8 Å². The highest BCUT2D eigenvalue weighted by atomic mass is 16.6. The van der Waals surface area contributed by atoms with Crippen molar-refractivity contribution in [3.05, 3.63) is 70.3 Å². The van der Waals surface area contributed by atoms with Crippen LogP contribution in [0.3, 0.4) is 0 Å². The predicted octanol–water partition coefficient (Wildman–Crippen LogP) is 3.61. The summed E-state index contributed by atoms with van der Waals surface area (Å²) in [5.41, 5.74) is -0.344. The topological polar surface area (TPSA) is 125 Å². The third kappa shape index (κ3) is 4.46. The van der Waals surface area contributed by atoms with E-state index in [2.05, 4.69) is 0 Å². The number of carbonyl (C=O) groups excluding carboxylic acids is 2. The number of fused-ring (bicyclic) bond motifs is 1. The van der Waals surface area contributed by atoms with Gasteiger partial charge in [-0.05, 0) is 25.1 Å². The van der Waals surface area contributed by atoms with E-state index in [1.807, 2.05) is 0 Å². The van der Waals surface area contributed by atoms with Gasteiger partial charge in [0, 0.05) is 22.9 Å². The molecule has 0 heterocycles. The summed E-state index contributed by atoms with van der Waals surface area (Å²) in [6.07, 6.45) is 0. The zero-order valence-electron chi connectivity index (χ0n) is 15.9. The van der Waals surface area contributed by atoms with E-state index in [9.17, 15) is 24.8 Å². The molecule has 0 fully saturated rings. The van der Waals surface area contributed by atoms with Crippen molar-refractivity contribution < 1.29 is 33.8 Å².